The summed E-state index contributed by atoms with van der Waals surface area (Å²) in [5.74, 6) is -0.437. The molecule has 4 nitrogen and oxygen atoms in total. The number of phenols is 2. The van der Waals surface area contributed by atoms with Crippen molar-refractivity contribution in [1.82, 2.24) is 4.98 Å². The van der Waals surface area contributed by atoms with E-state index < -0.39 is 0 Å². The van der Waals surface area contributed by atoms with Crippen molar-refractivity contribution in [3.63, 3.8) is 0 Å². The van der Waals surface area contributed by atoms with Gasteiger partial charge in [-0.3, -0.25) is 9.78 Å². The van der Waals surface area contributed by atoms with Crippen LogP contribution in [0, 0.1) is 6.92 Å². The maximum Gasteiger partial charge on any atom is 0.171 e. The maximum atomic E-state index is 12.4. The van der Waals surface area contributed by atoms with Crippen molar-refractivity contribution in [2.24, 2.45) is 0 Å². The van der Waals surface area contributed by atoms with Crippen LogP contribution in [0.1, 0.15) is 21.5 Å². The lowest BCUT2D eigenvalue weighted by atomic mass is 9.97. The van der Waals surface area contributed by atoms with Crippen molar-refractivity contribution in [2.75, 3.05) is 0 Å². The Bertz CT molecular complexity index is 848. The third kappa shape index (κ3) is 2.63. The molecule has 1 heterocycles. The van der Waals surface area contributed by atoms with Crippen LogP contribution in [0.25, 0.3) is 10.9 Å². The molecule has 1 aromatic heterocycles. The summed E-state index contributed by atoms with van der Waals surface area (Å²) >= 11 is 0. The highest BCUT2D eigenvalue weighted by molar-refractivity contribution is 6.01. The van der Waals surface area contributed by atoms with E-state index in [1.165, 1.54) is 12.1 Å². The monoisotopic (exact) mass is 293 g/mol. The summed E-state index contributed by atoms with van der Waals surface area (Å²) < 4.78 is 0. The van der Waals surface area contributed by atoms with Crippen molar-refractivity contribution in [2.45, 2.75) is 13.3 Å². The molecule has 22 heavy (non-hydrogen) atoms. The Balaban J connectivity index is 1.93. The molecule has 3 aromatic rings. The van der Waals surface area contributed by atoms with Crippen LogP contribution < -0.4 is 0 Å². The lowest BCUT2D eigenvalue weighted by molar-refractivity contribution is 0.0990. The van der Waals surface area contributed by atoms with Gasteiger partial charge >= 0.3 is 0 Å². The van der Waals surface area contributed by atoms with Crippen LogP contribution >= 0.6 is 0 Å². The van der Waals surface area contributed by atoms with Crippen molar-refractivity contribution < 1.29 is 15.0 Å². The minimum atomic E-state index is -0.193. The fourth-order valence-electron chi connectivity index (χ4n) is 2.61. The van der Waals surface area contributed by atoms with E-state index in [1.54, 1.807) is 13.1 Å². The predicted octanol–water partition coefficient (Wildman–Crippen LogP) is 3.38. The summed E-state index contributed by atoms with van der Waals surface area (Å²) in [5, 5.41) is 20.3. The van der Waals surface area contributed by atoms with Crippen molar-refractivity contribution in [3.8, 4) is 11.5 Å². The number of hydrogen-bond acceptors (Lipinski definition) is 4. The number of benzene rings is 2. The van der Waals surface area contributed by atoms with Gasteiger partial charge in [0, 0.05) is 24.1 Å². The minimum Gasteiger partial charge on any atom is -0.508 e. The van der Waals surface area contributed by atoms with E-state index in [1.807, 2.05) is 30.3 Å². The van der Waals surface area contributed by atoms with Gasteiger partial charge < -0.3 is 10.2 Å². The quantitative estimate of drug-likeness (QED) is 0.726. The summed E-state index contributed by atoms with van der Waals surface area (Å²) in [6.45, 7) is 1.69. The van der Waals surface area contributed by atoms with E-state index in [9.17, 15) is 15.0 Å². The Labute approximate surface area is 127 Å². The van der Waals surface area contributed by atoms with Crippen LogP contribution in [0.15, 0.2) is 48.7 Å². The molecule has 2 N–H and O–H groups in total. The first kappa shape index (κ1) is 14.1. The summed E-state index contributed by atoms with van der Waals surface area (Å²) in [4.78, 5) is 16.7. The van der Waals surface area contributed by atoms with Crippen LogP contribution in [0.2, 0.25) is 0 Å². The van der Waals surface area contributed by atoms with E-state index in [0.717, 1.165) is 16.5 Å². The molecule has 0 saturated carbocycles. The predicted molar refractivity (Wildman–Crippen MR) is 84.3 cm³/mol. The summed E-state index contributed by atoms with van der Waals surface area (Å²) in [7, 11) is 0. The molecular weight excluding hydrogens is 278 g/mol. The summed E-state index contributed by atoms with van der Waals surface area (Å²) in [6.07, 6.45) is 1.88. The van der Waals surface area contributed by atoms with Gasteiger partial charge in [-0.15, -0.1) is 0 Å². The van der Waals surface area contributed by atoms with Crippen molar-refractivity contribution in [3.05, 3.63) is 65.4 Å². The molecule has 0 aliphatic rings. The van der Waals surface area contributed by atoms with E-state index >= 15 is 0 Å². The standard InChI is InChI=1S/C18H15NO3/c1-11-7-14(20)10-17(22)18(11)16(21)9-12-4-5-13-3-2-6-19-15(13)8-12/h2-8,10,20,22H,9H2,1H3. The average Bonchev–Trinajstić information content (AvgIpc) is 2.46. The molecule has 0 amide bonds. The van der Waals surface area contributed by atoms with E-state index in [2.05, 4.69) is 4.98 Å². The van der Waals surface area contributed by atoms with Gasteiger partial charge in [-0.2, -0.15) is 0 Å². The first-order valence-electron chi connectivity index (χ1n) is 6.94. The molecule has 0 radical (unpaired) electrons. The van der Waals surface area contributed by atoms with Crippen LogP contribution in [0.4, 0.5) is 0 Å². The highest BCUT2D eigenvalue weighted by Crippen LogP contribution is 2.28. The molecule has 0 unspecified atom stereocenters. The molecule has 0 fully saturated rings. The first-order valence-corrected chi connectivity index (χ1v) is 6.94. The van der Waals surface area contributed by atoms with Crippen molar-refractivity contribution >= 4 is 16.7 Å². The average molecular weight is 293 g/mol. The molecule has 0 saturated heterocycles. The zero-order chi connectivity index (χ0) is 15.7. The van der Waals surface area contributed by atoms with Gasteiger partial charge in [-0.1, -0.05) is 18.2 Å². The molecule has 0 spiro atoms. The number of nitrogens with zero attached hydrogens (tertiary/aromatic N) is 1. The zero-order valence-electron chi connectivity index (χ0n) is 12.1. The van der Waals surface area contributed by atoms with Gasteiger partial charge in [0.2, 0.25) is 0 Å². The SMILES string of the molecule is Cc1cc(O)cc(O)c1C(=O)Cc1ccc2cccnc2c1. The second-order valence-electron chi connectivity index (χ2n) is 5.29. The molecular formula is C18H15NO3. The highest BCUT2D eigenvalue weighted by Gasteiger charge is 2.16. The number of aromatic nitrogens is 1. The molecule has 2 aromatic carbocycles. The third-order valence-electron chi connectivity index (χ3n) is 3.61. The van der Waals surface area contributed by atoms with Gasteiger partial charge in [0.15, 0.2) is 5.78 Å². The number of rotatable bonds is 3. The Morgan fingerprint density at radius 1 is 1.14 bits per heavy atom. The fraction of sp³-hybridized carbons (Fsp3) is 0.111. The number of pyridine rings is 1. The molecule has 4 heteroatoms. The number of aromatic hydroxyl groups is 2. The summed E-state index contributed by atoms with van der Waals surface area (Å²) in [6, 6.07) is 12.2. The lowest BCUT2D eigenvalue weighted by Gasteiger charge is -2.09. The highest BCUT2D eigenvalue weighted by atomic mass is 16.3. The van der Waals surface area contributed by atoms with Gasteiger partial charge in [-0.05, 0) is 36.2 Å². The second kappa shape index (κ2) is 5.48. The van der Waals surface area contributed by atoms with Gasteiger partial charge in [-0.25, -0.2) is 0 Å². The number of carbonyl (C=O) groups is 1. The number of Topliss-reactive ketones (excluding diaryl/α,β-unsaturated/α-hetero) is 1. The number of carbonyl (C=O) groups excluding carboxylic acids is 1. The van der Waals surface area contributed by atoms with Crippen LogP contribution in [-0.2, 0) is 6.42 Å². The first-order chi connectivity index (χ1) is 10.5. The Kier molecular flexibility index (Phi) is 3.51. The Hall–Kier alpha value is -2.88. The topological polar surface area (TPSA) is 70.4 Å². The Morgan fingerprint density at radius 3 is 2.73 bits per heavy atom. The van der Waals surface area contributed by atoms with Crippen LogP contribution in [-0.4, -0.2) is 21.0 Å². The number of aryl methyl sites for hydroxylation is 1. The van der Waals surface area contributed by atoms with E-state index in [4.69, 9.17) is 0 Å². The third-order valence-corrected chi connectivity index (χ3v) is 3.61. The van der Waals surface area contributed by atoms with Crippen LogP contribution in [0.3, 0.4) is 0 Å². The van der Waals surface area contributed by atoms with E-state index in [0.29, 0.717) is 5.56 Å². The minimum absolute atomic E-state index is 0.0542. The zero-order valence-corrected chi connectivity index (χ0v) is 12.1. The maximum absolute atomic E-state index is 12.4. The number of hydrogen-bond donors (Lipinski definition) is 2. The molecule has 0 aliphatic carbocycles. The van der Waals surface area contributed by atoms with Gasteiger partial charge in [0.1, 0.15) is 11.5 Å². The molecule has 0 atom stereocenters. The molecule has 3 rings (SSSR count). The van der Waals surface area contributed by atoms with Crippen molar-refractivity contribution in [1.29, 1.82) is 0 Å². The normalized spacial score (nSPS) is 10.8. The van der Waals surface area contributed by atoms with Crippen LogP contribution in [0.5, 0.6) is 11.5 Å². The number of ketones is 1. The lowest BCUT2D eigenvalue weighted by Crippen LogP contribution is -2.06. The fourth-order valence-corrected chi connectivity index (χ4v) is 2.61. The van der Waals surface area contributed by atoms with Gasteiger partial charge in [0.05, 0.1) is 11.1 Å². The second-order valence-corrected chi connectivity index (χ2v) is 5.29. The largest absolute Gasteiger partial charge is 0.508 e. The van der Waals surface area contributed by atoms with E-state index in [-0.39, 0.29) is 29.3 Å². The summed E-state index contributed by atoms with van der Waals surface area (Å²) in [5.41, 5.74) is 2.47. The molecule has 110 valence electrons. The van der Waals surface area contributed by atoms with Gasteiger partial charge in [0.25, 0.3) is 0 Å². The number of fused-ring (bicyclic) bond motifs is 1. The molecule has 0 bridgehead atoms. The smallest absolute Gasteiger partial charge is 0.171 e. The number of phenolic OH excluding ortho intramolecular Hbond substituents is 2. The molecule has 0 aliphatic heterocycles. The Morgan fingerprint density at radius 2 is 1.95 bits per heavy atom.